The molecule has 5 nitrogen and oxygen atoms in total. The Balaban J connectivity index is 1.44. The van der Waals surface area contributed by atoms with Crippen molar-refractivity contribution in [3.05, 3.63) is 82.7 Å². The number of likely N-dealkylation sites (N-methyl/N-ethyl adjacent to an activating group) is 1. The van der Waals surface area contributed by atoms with Crippen molar-refractivity contribution < 1.29 is 22.4 Å². The van der Waals surface area contributed by atoms with Gasteiger partial charge in [-0.25, -0.2) is 9.18 Å². The van der Waals surface area contributed by atoms with E-state index >= 15 is 0 Å². The lowest BCUT2D eigenvalue weighted by atomic mass is 9.93. The Kier molecular flexibility index (Phi) is 9.90. The molecule has 9 heteroatoms. The monoisotopic (exact) mass is 560 g/mol. The number of urea groups is 1. The predicted molar refractivity (Wildman–Crippen MR) is 149 cm³/mol. The highest BCUT2D eigenvalue weighted by Gasteiger charge is 2.40. The van der Waals surface area contributed by atoms with Crippen molar-refractivity contribution in [1.82, 2.24) is 19.6 Å². The fourth-order valence-corrected chi connectivity index (χ4v) is 5.87. The summed E-state index contributed by atoms with van der Waals surface area (Å²) in [5.74, 6) is -1.24. The van der Waals surface area contributed by atoms with E-state index in [0.717, 1.165) is 49.9 Å². The van der Waals surface area contributed by atoms with Gasteiger partial charge in [-0.3, -0.25) is 4.90 Å². The molecule has 2 aliphatic rings. The first kappa shape index (κ1) is 30.1. The van der Waals surface area contributed by atoms with Gasteiger partial charge in [0.15, 0.2) is 0 Å². The first-order valence-electron chi connectivity index (χ1n) is 14.0. The zero-order chi connectivity index (χ0) is 28.9. The predicted octanol–water partition coefficient (Wildman–Crippen LogP) is 6.23. The molecule has 40 heavy (non-hydrogen) atoms. The average Bonchev–Trinajstić information content (AvgIpc) is 3.22. The normalized spacial score (nSPS) is 20.3. The van der Waals surface area contributed by atoms with Crippen molar-refractivity contribution in [3.63, 3.8) is 0 Å². The second-order valence-electron chi connectivity index (χ2n) is 11.3. The highest BCUT2D eigenvalue weighted by Crippen LogP contribution is 2.34. The Morgan fingerprint density at radius 3 is 2.42 bits per heavy atom. The van der Waals surface area contributed by atoms with Crippen molar-refractivity contribution in [1.29, 1.82) is 0 Å². The molecule has 0 aliphatic carbocycles. The van der Waals surface area contributed by atoms with Gasteiger partial charge in [-0.1, -0.05) is 48.0 Å². The van der Waals surface area contributed by atoms with Gasteiger partial charge in [-0.15, -0.1) is 0 Å². The number of benzene rings is 2. The maximum atomic E-state index is 14.3. The minimum atomic E-state index is -4.73. The third-order valence-corrected chi connectivity index (χ3v) is 8.03. The van der Waals surface area contributed by atoms with Gasteiger partial charge < -0.3 is 14.7 Å². The lowest BCUT2D eigenvalue weighted by Gasteiger charge is -2.30. The number of halogens is 4. The van der Waals surface area contributed by atoms with Gasteiger partial charge in [0.1, 0.15) is 5.82 Å². The van der Waals surface area contributed by atoms with E-state index in [1.807, 2.05) is 52.1 Å². The molecule has 2 aromatic carbocycles. The lowest BCUT2D eigenvalue weighted by molar-refractivity contribution is -0.140. The standard InChI is InChI=1S/C31H40F4N4O/c1-36(2)16-7-9-23-10-8-17-38(18-15-23)30(40)39-21-26(25-11-5-4-6-12-25)29(22-39)37(3)20-24-13-14-27(28(32)19-24)31(33,34)35/h4-6,10-14,19,26,29H,7-9,15-18,20-22H2,1-3H3/t26-,29+/m1/s1. The molecule has 2 heterocycles. The highest BCUT2D eigenvalue weighted by molar-refractivity contribution is 5.75. The Bertz CT molecular complexity index is 1170. The van der Waals surface area contributed by atoms with Gasteiger partial charge in [-0.05, 0) is 76.6 Å². The number of alkyl halides is 3. The Labute approximate surface area is 235 Å². The van der Waals surface area contributed by atoms with Crippen LogP contribution in [0.5, 0.6) is 0 Å². The fourth-order valence-electron chi connectivity index (χ4n) is 5.87. The number of likely N-dealkylation sites (tertiary alicyclic amines) is 1. The van der Waals surface area contributed by atoms with Crippen LogP contribution >= 0.6 is 0 Å². The van der Waals surface area contributed by atoms with Gasteiger partial charge in [0, 0.05) is 44.7 Å². The van der Waals surface area contributed by atoms with Crippen LogP contribution in [0.2, 0.25) is 0 Å². The number of hydrogen-bond acceptors (Lipinski definition) is 3. The molecule has 2 atom stereocenters. The van der Waals surface area contributed by atoms with Crippen LogP contribution in [0.1, 0.15) is 48.3 Å². The lowest BCUT2D eigenvalue weighted by Crippen LogP contribution is -2.44. The Morgan fingerprint density at radius 2 is 1.75 bits per heavy atom. The maximum absolute atomic E-state index is 14.3. The molecule has 2 amide bonds. The molecule has 2 aromatic rings. The third kappa shape index (κ3) is 7.63. The van der Waals surface area contributed by atoms with E-state index in [1.165, 1.54) is 11.6 Å². The van der Waals surface area contributed by atoms with E-state index in [1.54, 1.807) is 0 Å². The third-order valence-electron chi connectivity index (χ3n) is 8.03. The highest BCUT2D eigenvalue weighted by atomic mass is 19.4. The summed E-state index contributed by atoms with van der Waals surface area (Å²) in [6, 6.07) is 13.1. The van der Waals surface area contributed by atoms with Gasteiger partial charge >= 0.3 is 12.2 Å². The summed E-state index contributed by atoms with van der Waals surface area (Å²) < 4.78 is 53.4. The molecule has 0 saturated carbocycles. The molecule has 1 fully saturated rings. The fraction of sp³-hybridized carbons (Fsp3) is 0.516. The second kappa shape index (κ2) is 13.2. The number of carbonyl (C=O) groups excluding carboxylic acids is 1. The van der Waals surface area contributed by atoms with E-state index in [9.17, 15) is 22.4 Å². The SMILES string of the molecule is CN(C)CCCC1=CCCN(C(=O)N2C[C@H](c3ccccc3)[C@@H](N(C)Cc3ccc(C(F)(F)F)c(F)c3)C2)CC1. The van der Waals surface area contributed by atoms with Crippen molar-refractivity contribution >= 4 is 6.03 Å². The van der Waals surface area contributed by atoms with E-state index < -0.39 is 17.6 Å². The van der Waals surface area contributed by atoms with Crippen LogP contribution in [0.15, 0.2) is 60.2 Å². The molecule has 0 unspecified atom stereocenters. The minimum absolute atomic E-state index is 0.0281. The number of carbonyl (C=O) groups is 1. The largest absolute Gasteiger partial charge is 0.419 e. The maximum Gasteiger partial charge on any atom is 0.419 e. The first-order valence-corrected chi connectivity index (χ1v) is 14.0. The zero-order valence-electron chi connectivity index (χ0n) is 23.6. The summed E-state index contributed by atoms with van der Waals surface area (Å²) >= 11 is 0. The summed E-state index contributed by atoms with van der Waals surface area (Å²) in [5.41, 5.74) is 1.73. The summed E-state index contributed by atoms with van der Waals surface area (Å²) in [7, 11) is 6.04. The van der Waals surface area contributed by atoms with Crippen molar-refractivity contribution in [2.45, 2.75) is 50.4 Å². The van der Waals surface area contributed by atoms with Gasteiger partial charge in [0.25, 0.3) is 0 Å². The van der Waals surface area contributed by atoms with Crippen LogP contribution in [0.4, 0.5) is 22.4 Å². The summed E-state index contributed by atoms with van der Waals surface area (Å²) in [6.07, 6.45) is 1.46. The van der Waals surface area contributed by atoms with Gasteiger partial charge in [0.2, 0.25) is 0 Å². The van der Waals surface area contributed by atoms with Crippen molar-refractivity contribution in [2.75, 3.05) is 53.9 Å². The quantitative estimate of drug-likeness (QED) is 0.283. The smallest absolute Gasteiger partial charge is 0.324 e. The first-order chi connectivity index (χ1) is 19.0. The molecule has 2 aliphatic heterocycles. The minimum Gasteiger partial charge on any atom is -0.324 e. The van der Waals surface area contributed by atoms with Gasteiger partial charge in [0.05, 0.1) is 5.56 Å². The molecule has 0 radical (unpaired) electrons. The van der Waals surface area contributed by atoms with E-state index in [4.69, 9.17) is 0 Å². The van der Waals surface area contributed by atoms with Crippen molar-refractivity contribution in [2.24, 2.45) is 0 Å². The summed E-state index contributed by atoms with van der Waals surface area (Å²) in [5, 5.41) is 0. The van der Waals surface area contributed by atoms with E-state index in [2.05, 4.69) is 25.1 Å². The number of hydrogen-bond donors (Lipinski definition) is 0. The molecule has 218 valence electrons. The molecular formula is C31H40F4N4O. The Hall–Kier alpha value is -2.91. The second-order valence-corrected chi connectivity index (χ2v) is 11.3. The van der Waals surface area contributed by atoms with Gasteiger partial charge in [-0.2, -0.15) is 13.2 Å². The molecule has 0 aromatic heterocycles. The molecular weight excluding hydrogens is 520 g/mol. The number of rotatable bonds is 8. The summed E-state index contributed by atoms with van der Waals surface area (Å²) in [6.45, 7) is 3.76. The average molecular weight is 561 g/mol. The number of amides is 2. The molecule has 1 saturated heterocycles. The van der Waals surface area contributed by atoms with Crippen LogP contribution in [-0.4, -0.2) is 85.5 Å². The van der Waals surface area contributed by atoms with Crippen molar-refractivity contribution in [3.8, 4) is 0 Å². The molecule has 0 N–H and O–H groups in total. The van der Waals surface area contributed by atoms with Crippen LogP contribution in [0, 0.1) is 5.82 Å². The van der Waals surface area contributed by atoms with Crippen LogP contribution in [0.3, 0.4) is 0 Å². The van der Waals surface area contributed by atoms with E-state index in [0.29, 0.717) is 31.7 Å². The molecule has 0 bridgehead atoms. The molecule has 0 spiro atoms. The number of nitrogens with zero attached hydrogens (tertiary/aromatic N) is 4. The Morgan fingerprint density at radius 1 is 1.00 bits per heavy atom. The van der Waals surface area contributed by atoms with E-state index in [-0.39, 0.29) is 24.5 Å². The zero-order valence-corrected chi connectivity index (χ0v) is 23.6. The topological polar surface area (TPSA) is 30.0 Å². The summed E-state index contributed by atoms with van der Waals surface area (Å²) in [4.78, 5) is 21.8. The van der Waals surface area contributed by atoms with Crippen LogP contribution < -0.4 is 0 Å². The molecule has 4 rings (SSSR count). The van der Waals surface area contributed by atoms with Crippen LogP contribution in [0.25, 0.3) is 0 Å². The van der Waals surface area contributed by atoms with Crippen LogP contribution in [-0.2, 0) is 12.7 Å².